The molecule has 0 saturated heterocycles. The number of carbonyl (C=O) groups is 2. The van der Waals surface area contributed by atoms with Gasteiger partial charge < -0.3 is 18.8 Å². The Bertz CT molecular complexity index is 1300. The lowest BCUT2D eigenvalue weighted by Crippen LogP contribution is -2.17. The van der Waals surface area contributed by atoms with E-state index >= 15 is 0 Å². The maximum atomic E-state index is 13.7. The van der Waals surface area contributed by atoms with Gasteiger partial charge in [0.15, 0.2) is 5.78 Å². The molecule has 6 heteroatoms. The molecule has 0 aliphatic heterocycles. The highest BCUT2D eigenvalue weighted by Crippen LogP contribution is 2.31. The van der Waals surface area contributed by atoms with Crippen LogP contribution in [0, 0.1) is 0 Å². The van der Waals surface area contributed by atoms with Crippen molar-refractivity contribution in [2.24, 2.45) is 0 Å². The highest BCUT2D eigenvalue weighted by Gasteiger charge is 2.29. The summed E-state index contributed by atoms with van der Waals surface area (Å²) in [5.74, 6) is 0.587. The molecule has 168 valence electrons. The standard InChI is InChI=1S/C27H25NO5/c1-4-33-27(30)25-24(26(29)19-12-14-20(31-2)15-13-19)22-10-5-6-11-23(22)28(25)17-18-8-7-9-21(16-18)32-3/h5-16H,4,17H2,1-3H3. The van der Waals surface area contributed by atoms with Gasteiger partial charge in [-0.1, -0.05) is 30.3 Å². The van der Waals surface area contributed by atoms with Crippen molar-refractivity contribution in [3.05, 3.63) is 95.2 Å². The number of para-hydroxylation sites is 1. The van der Waals surface area contributed by atoms with Gasteiger partial charge in [-0.05, 0) is 55.0 Å². The fourth-order valence-electron chi connectivity index (χ4n) is 3.95. The number of methoxy groups -OCH3 is 2. The molecule has 4 aromatic rings. The molecule has 0 unspecified atom stereocenters. The number of rotatable bonds is 8. The number of ether oxygens (including phenoxy) is 3. The third-order valence-electron chi connectivity index (χ3n) is 5.49. The number of ketones is 1. The highest BCUT2D eigenvalue weighted by atomic mass is 16.5. The molecule has 3 aromatic carbocycles. The summed E-state index contributed by atoms with van der Waals surface area (Å²) < 4.78 is 17.8. The number of nitrogens with zero attached hydrogens (tertiary/aromatic N) is 1. The number of esters is 1. The summed E-state index contributed by atoms with van der Waals surface area (Å²) in [6, 6.07) is 22.0. The Balaban J connectivity index is 1.92. The minimum Gasteiger partial charge on any atom is -0.497 e. The lowest BCUT2D eigenvalue weighted by molar-refractivity contribution is 0.0512. The minimum atomic E-state index is -0.534. The molecule has 4 rings (SSSR count). The van der Waals surface area contributed by atoms with Gasteiger partial charge in [0.2, 0.25) is 0 Å². The summed E-state index contributed by atoms with van der Waals surface area (Å²) in [5, 5.41) is 0.698. The van der Waals surface area contributed by atoms with Gasteiger partial charge in [0.05, 0.1) is 26.4 Å². The molecule has 1 heterocycles. The first-order chi connectivity index (χ1) is 16.1. The van der Waals surface area contributed by atoms with Crippen LogP contribution in [0.15, 0.2) is 72.8 Å². The largest absolute Gasteiger partial charge is 0.497 e. The van der Waals surface area contributed by atoms with Crippen LogP contribution in [0.4, 0.5) is 0 Å². The molecule has 0 spiro atoms. The van der Waals surface area contributed by atoms with Crippen LogP contribution in [0.25, 0.3) is 10.9 Å². The topological polar surface area (TPSA) is 66.8 Å². The molecule has 0 fully saturated rings. The van der Waals surface area contributed by atoms with E-state index in [-0.39, 0.29) is 18.1 Å². The lowest BCUT2D eigenvalue weighted by atomic mass is 10.00. The molecule has 0 radical (unpaired) electrons. The number of hydrogen-bond acceptors (Lipinski definition) is 5. The molecule has 0 aliphatic carbocycles. The average Bonchev–Trinajstić information content (AvgIpc) is 3.18. The van der Waals surface area contributed by atoms with Gasteiger partial charge in [-0.3, -0.25) is 4.79 Å². The van der Waals surface area contributed by atoms with E-state index < -0.39 is 5.97 Å². The van der Waals surface area contributed by atoms with Crippen molar-refractivity contribution >= 4 is 22.7 Å². The fraction of sp³-hybridized carbons (Fsp3) is 0.185. The molecular formula is C27H25NO5. The Kier molecular flexibility index (Phi) is 6.45. The third kappa shape index (κ3) is 4.32. The first-order valence-electron chi connectivity index (χ1n) is 10.7. The van der Waals surface area contributed by atoms with Crippen LogP contribution in [0.5, 0.6) is 11.5 Å². The van der Waals surface area contributed by atoms with Crippen LogP contribution >= 0.6 is 0 Å². The van der Waals surface area contributed by atoms with Gasteiger partial charge in [0, 0.05) is 23.0 Å². The van der Waals surface area contributed by atoms with E-state index in [1.165, 1.54) is 0 Å². The smallest absolute Gasteiger partial charge is 0.355 e. The van der Waals surface area contributed by atoms with Crippen LogP contribution in [0.3, 0.4) is 0 Å². The van der Waals surface area contributed by atoms with Gasteiger partial charge in [-0.2, -0.15) is 0 Å². The van der Waals surface area contributed by atoms with Crippen molar-refractivity contribution in [2.45, 2.75) is 13.5 Å². The fourth-order valence-corrected chi connectivity index (χ4v) is 3.95. The zero-order valence-electron chi connectivity index (χ0n) is 18.8. The number of benzene rings is 3. The molecule has 6 nitrogen and oxygen atoms in total. The SMILES string of the molecule is CCOC(=O)c1c(C(=O)c2ccc(OC)cc2)c2ccccc2n1Cc1cccc(OC)c1. The second-order valence-electron chi connectivity index (χ2n) is 7.46. The first-order valence-corrected chi connectivity index (χ1v) is 10.7. The van der Waals surface area contributed by atoms with Gasteiger partial charge >= 0.3 is 5.97 Å². The zero-order valence-corrected chi connectivity index (χ0v) is 18.8. The minimum absolute atomic E-state index is 0.204. The van der Waals surface area contributed by atoms with Crippen LogP contribution in [0.1, 0.15) is 38.9 Å². The number of carbonyl (C=O) groups excluding carboxylic acids is 2. The van der Waals surface area contributed by atoms with Crippen LogP contribution < -0.4 is 9.47 Å². The number of hydrogen-bond donors (Lipinski definition) is 0. The Morgan fingerprint density at radius 1 is 0.848 bits per heavy atom. The van der Waals surface area contributed by atoms with Crippen molar-refractivity contribution in [3.63, 3.8) is 0 Å². The van der Waals surface area contributed by atoms with Crippen LogP contribution in [-0.4, -0.2) is 37.1 Å². The van der Waals surface area contributed by atoms with Crippen LogP contribution in [-0.2, 0) is 11.3 Å². The summed E-state index contributed by atoms with van der Waals surface area (Å²) in [4.78, 5) is 26.8. The zero-order chi connectivity index (χ0) is 23.4. The molecule has 0 N–H and O–H groups in total. The van der Waals surface area contributed by atoms with Gasteiger partial charge in [-0.25, -0.2) is 4.79 Å². The maximum absolute atomic E-state index is 13.7. The van der Waals surface area contributed by atoms with E-state index in [9.17, 15) is 9.59 Å². The average molecular weight is 443 g/mol. The Morgan fingerprint density at radius 2 is 1.58 bits per heavy atom. The third-order valence-corrected chi connectivity index (χ3v) is 5.49. The van der Waals surface area contributed by atoms with Gasteiger partial charge in [0.25, 0.3) is 0 Å². The van der Waals surface area contributed by atoms with Crippen molar-refractivity contribution < 1.29 is 23.8 Å². The predicted molar refractivity (Wildman–Crippen MR) is 126 cm³/mol. The highest BCUT2D eigenvalue weighted by molar-refractivity contribution is 6.21. The van der Waals surface area contributed by atoms with E-state index in [1.54, 1.807) is 45.4 Å². The van der Waals surface area contributed by atoms with Crippen molar-refractivity contribution in [3.8, 4) is 11.5 Å². The van der Waals surface area contributed by atoms with Crippen LogP contribution in [0.2, 0.25) is 0 Å². The van der Waals surface area contributed by atoms with E-state index in [2.05, 4.69) is 0 Å². The summed E-state index contributed by atoms with van der Waals surface area (Å²) >= 11 is 0. The lowest BCUT2D eigenvalue weighted by Gasteiger charge is -2.12. The van der Waals surface area contributed by atoms with E-state index in [4.69, 9.17) is 14.2 Å². The maximum Gasteiger partial charge on any atom is 0.355 e. The van der Waals surface area contributed by atoms with E-state index in [0.717, 1.165) is 16.8 Å². The molecule has 1 aromatic heterocycles. The second kappa shape index (κ2) is 9.61. The van der Waals surface area contributed by atoms with Crippen molar-refractivity contribution in [1.82, 2.24) is 4.57 Å². The predicted octanol–water partition coefficient (Wildman–Crippen LogP) is 5.11. The molecular weight excluding hydrogens is 418 g/mol. The Labute approximate surface area is 192 Å². The Hall–Kier alpha value is -4.06. The summed E-state index contributed by atoms with van der Waals surface area (Å²) in [6.07, 6.45) is 0. The molecule has 0 aliphatic rings. The van der Waals surface area contributed by atoms with Crippen molar-refractivity contribution in [1.29, 1.82) is 0 Å². The Morgan fingerprint density at radius 3 is 2.27 bits per heavy atom. The summed E-state index contributed by atoms with van der Waals surface area (Å²) in [6.45, 7) is 2.33. The van der Waals surface area contributed by atoms with Crippen molar-refractivity contribution in [2.75, 3.05) is 20.8 Å². The number of aromatic nitrogens is 1. The monoisotopic (exact) mass is 443 g/mol. The first kappa shape index (κ1) is 22.1. The quantitative estimate of drug-likeness (QED) is 0.280. The van der Waals surface area contributed by atoms with Gasteiger partial charge in [0.1, 0.15) is 17.2 Å². The normalized spacial score (nSPS) is 10.8. The molecule has 33 heavy (non-hydrogen) atoms. The summed E-state index contributed by atoms with van der Waals surface area (Å²) in [5.41, 5.74) is 2.74. The van der Waals surface area contributed by atoms with E-state index in [1.807, 2.05) is 53.1 Å². The van der Waals surface area contributed by atoms with E-state index in [0.29, 0.717) is 28.8 Å². The second-order valence-corrected chi connectivity index (χ2v) is 7.46. The van der Waals surface area contributed by atoms with Gasteiger partial charge in [-0.15, -0.1) is 0 Å². The molecule has 0 saturated carbocycles. The molecule has 0 bridgehead atoms. The molecule has 0 amide bonds. The summed E-state index contributed by atoms with van der Waals surface area (Å²) in [7, 11) is 3.18. The molecule has 0 atom stereocenters. The number of fused-ring (bicyclic) bond motifs is 1.